The van der Waals surface area contributed by atoms with Crippen molar-refractivity contribution in [3.8, 4) is 16.9 Å². The van der Waals surface area contributed by atoms with Crippen LogP contribution in [0.25, 0.3) is 16.7 Å². The molecule has 0 bridgehead atoms. The van der Waals surface area contributed by atoms with Crippen LogP contribution in [0.2, 0.25) is 0 Å². The highest BCUT2D eigenvalue weighted by Gasteiger charge is 2.36. The average Bonchev–Trinajstić information content (AvgIpc) is 2.89. The Balaban J connectivity index is 1.63. The van der Waals surface area contributed by atoms with E-state index >= 15 is 0 Å². The molecule has 0 spiro atoms. The van der Waals surface area contributed by atoms with E-state index in [-0.39, 0.29) is 0 Å². The van der Waals surface area contributed by atoms with Gasteiger partial charge in [0.05, 0.1) is 0 Å². The van der Waals surface area contributed by atoms with Gasteiger partial charge in [0.2, 0.25) is 0 Å². The van der Waals surface area contributed by atoms with Crippen LogP contribution in [0.1, 0.15) is 107 Å². The maximum atomic E-state index is 12.4. The van der Waals surface area contributed by atoms with Gasteiger partial charge in [0.15, 0.2) is 0 Å². The van der Waals surface area contributed by atoms with Gasteiger partial charge in [-0.15, -0.1) is 0 Å². The predicted molar refractivity (Wildman–Crippen MR) is 170 cm³/mol. The Labute approximate surface area is 242 Å². The van der Waals surface area contributed by atoms with Gasteiger partial charge in [-0.1, -0.05) is 48.4 Å². The Morgan fingerprint density at radius 2 is 1.23 bits per heavy atom. The molecule has 0 amide bonds. The molecule has 0 saturated heterocycles. The van der Waals surface area contributed by atoms with Crippen molar-refractivity contribution >= 4 is 5.57 Å². The van der Waals surface area contributed by atoms with E-state index in [9.17, 15) is 5.11 Å². The summed E-state index contributed by atoms with van der Waals surface area (Å²) in [5.41, 5.74) is 20.3. The van der Waals surface area contributed by atoms with E-state index in [1.54, 1.807) is 5.57 Å². The van der Waals surface area contributed by atoms with Crippen molar-refractivity contribution in [2.45, 2.75) is 106 Å². The number of rotatable bonds is 3. The number of hydrogen-bond donors (Lipinski definition) is 1. The third-order valence-electron chi connectivity index (χ3n) is 10.1. The molecule has 0 radical (unpaired) electrons. The molecule has 2 atom stereocenters. The zero-order valence-electron chi connectivity index (χ0n) is 25.7. The van der Waals surface area contributed by atoms with E-state index in [1.807, 2.05) is 0 Å². The Morgan fingerprint density at radius 1 is 0.650 bits per heavy atom. The summed E-state index contributed by atoms with van der Waals surface area (Å²) >= 11 is 0. The second kappa shape index (κ2) is 10.4. The van der Waals surface area contributed by atoms with Crippen molar-refractivity contribution in [1.29, 1.82) is 0 Å². The molecule has 208 valence electrons. The summed E-state index contributed by atoms with van der Waals surface area (Å²) in [5.74, 6) is 1.16. The van der Waals surface area contributed by atoms with Crippen LogP contribution < -0.4 is 0 Å². The smallest absolute Gasteiger partial charge is 0.131 e. The van der Waals surface area contributed by atoms with Crippen LogP contribution in [0.4, 0.5) is 0 Å². The summed E-state index contributed by atoms with van der Waals surface area (Å²) in [4.78, 5) is 0. The summed E-state index contributed by atoms with van der Waals surface area (Å²) in [5, 5.41) is 12.4. The highest BCUT2D eigenvalue weighted by atomic mass is 16.3. The van der Waals surface area contributed by atoms with Gasteiger partial charge >= 0.3 is 0 Å². The number of phenols is 1. The molecular weight excluding hydrogens is 484 g/mol. The first-order valence-corrected chi connectivity index (χ1v) is 15.6. The number of hydrogen-bond acceptors (Lipinski definition) is 1. The minimum absolute atomic E-state index is 0.310. The van der Waals surface area contributed by atoms with Crippen LogP contribution in [0.15, 0.2) is 47.6 Å². The third kappa shape index (κ3) is 4.47. The number of aromatic hydroxyl groups is 1. The number of fused-ring (bicyclic) bond motifs is 2. The molecule has 3 aromatic carbocycles. The van der Waals surface area contributed by atoms with E-state index in [1.165, 1.54) is 98.0 Å². The van der Waals surface area contributed by atoms with Crippen molar-refractivity contribution in [1.82, 2.24) is 0 Å². The number of allylic oxidation sites excluding steroid dienone is 4. The van der Waals surface area contributed by atoms with E-state index in [2.05, 4.69) is 84.9 Å². The van der Waals surface area contributed by atoms with E-state index < -0.39 is 0 Å². The predicted octanol–water partition coefficient (Wildman–Crippen LogP) is 10.5. The molecule has 0 unspecified atom stereocenters. The molecule has 0 heterocycles. The lowest BCUT2D eigenvalue weighted by molar-refractivity contribution is 0.470. The molecule has 1 fully saturated rings. The van der Waals surface area contributed by atoms with E-state index in [0.29, 0.717) is 17.6 Å². The highest BCUT2D eigenvalue weighted by Crippen LogP contribution is 2.54. The van der Waals surface area contributed by atoms with Gasteiger partial charge in [0, 0.05) is 17.0 Å². The number of benzene rings is 3. The Kier molecular flexibility index (Phi) is 7.06. The average molecular weight is 531 g/mol. The maximum Gasteiger partial charge on any atom is 0.131 e. The van der Waals surface area contributed by atoms with E-state index in [4.69, 9.17) is 0 Å². The van der Waals surface area contributed by atoms with Gasteiger partial charge in [-0.05, 0) is 166 Å². The fourth-order valence-corrected chi connectivity index (χ4v) is 8.64. The Bertz CT molecular complexity index is 1530. The third-order valence-corrected chi connectivity index (χ3v) is 10.1. The Hall–Kier alpha value is -3.06. The summed E-state index contributed by atoms with van der Waals surface area (Å²) in [6, 6.07) is 11.6. The topological polar surface area (TPSA) is 20.2 Å². The van der Waals surface area contributed by atoms with Crippen LogP contribution >= 0.6 is 0 Å². The Morgan fingerprint density at radius 3 is 1.90 bits per heavy atom. The second-order valence-corrected chi connectivity index (χ2v) is 13.2. The van der Waals surface area contributed by atoms with Crippen LogP contribution in [0.3, 0.4) is 0 Å². The molecule has 40 heavy (non-hydrogen) atoms. The van der Waals surface area contributed by atoms with Crippen LogP contribution in [-0.2, 0) is 12.8 Å². The second-order valence-electron chi connectivity index (χ2n) is 13.2. The quantitative estimate of drug-likeness (QED) is 0.357. The minimum atomic E-state index is 0.310. The lowest BCUT2D eigenvalue weighted by Crippen LogP contribution is -2.22. The maximum absolute atomic E-state index is 12.4. The van der Waals surface area contributed by atoms with Crippen molar-refractivity contribution in [2.75, 3.05) is 0 Å². The van der Waals surface area contributed by atoms with E-state index in [0.717, 1.165) is 31.2 Å². The molecule has 1 heteroatoms. The first-order chi connectivity index (χ1) is 19.2. The summed E-state index contributed by atoms with van der Waals surface area (Å²) in [6.45, 7) is 15.8. The van der Waals surface area contributed by atoms with Crippen molar-refractivity contribution < 1.29 is 5.11 Å². The van der Waals surface area contributed by atoms with Crippen LogP contribution in [-0.4, -0.2) is 5.11 Å². The molecule has 3 aliphatic rings. The monoisotopic (exact) mass is 530 g/mol. The molecule has 3 aromatic rings. The lowest BCUT2D eigenvalue weighted by atomic mass is 9.66. The fraction of sp³-hybridized carbons (Fsp3) is 0.436. The fourth-order valence-electron chi connectivity index (χ4n) is 8.64. The zero-order valence-corrected chi connectivity index (χ0v) is 25.7. The van der Waals surface area contributed by atoms with Gasteiger partial charge in [-0.2, -0.15) is 0 Å². The van der Waals surface area contributed by atoms with Crippen molar-refractivity contribution in [3.05, 3.63) is 103 Å². The molecule has 0 aliphatic heterocycles. The van der Waals surface area contributed by atoms with Gasteiger partial charge in [-0.3, -0.25) is 0 Å². The first kappa shape index (κ1) is 27.1. The zero-order chi connectivity index (χ0) is 28.3. The SMILES string of the molecule is Cc1cc(C)c(-c2cc3c(c(C4=C5CCCCC5=C[C@H](c5c(C)cc(C)cc5C)[C@@H]4C)c2O)CCCC3)c(C)c1. The standard InChI is InChI=1S/C39H46O/c1-22-16-24(3)35(25(4)17-22)33-20-29-12-8-10-14-31(29)37(28(33)7)38-32-15-11-9-13-30(32)21-34(39(38)40)36-26(5)18-23(2)19-27(36)6/h16-21,28,33,40H,8-15H2,1-7H3/t28-,33-/m0/s1. The number of aryl methyl sites for hydroxylation is 7. The van der Waals surface area contributed by atoms with Crippen LogP contribution in [0.5, 0.6) is 5.75 Å². The van der Waals surface area contributed by atoms with Crippen molar-refractivity contribution in [3.63, 3.8) is 0 Å². The molecule has 1 nitrogen and oxygen atoms in total. The molecule has 1 N–H and O–H groups in total. The number of phenolic OH excluding ortho intramolecular Hbond substituents is 1. The lowest BCUT2D eigenvalue weighted by Gasteiger charge is -2.38. The van der Waals surface area contributed by atoms with Gasteiger partial charge in [-0.25, -0.2) is 0 Å². The largest absolute Gasteiger partial charge is 0.507 e. The van der Waals surface area contributed by atoms with Gasteiger partial charge in [0.1, 0.15) is 5.75 Å². The molecule has 3 aliphatic carbocycles. The first-order valence-electron chi connectivity index (χ1n) is 15.6. The highest BCUT2D eigenvalue weighted by molar-refractivity contribution is 5.89. The van der Waals surface area contributed by atoms with Gasteiger partial charge < -0.3 is 5.11 Å². The van der Waals surface area contributed by atoms with Crippen molar-refractivity contribution in [2.24, 2.45) is 5.92 Å². The van der Waals surface area contributed by atoms with Crippen LogP contribution in [0, 0.1) is 47.5 Å². The molecule has 6 rings (SSSR count). The summed E-state index contributed by atoms with van der Waals surface area (Å²) in [6.07, 6.45) is 12.0. The van der Waals surface area contributed by atoms with Gasteiger partial charge in [0.25, 0.3) is 0 Å². The minimum Gasteiger partial charge on any atom is -0.507 e. The molecule has 0 aromatic heterocycles. The summed E-state index contributed by atoms with van der Waals surface area (Å²) < 4.78 is 0. The summed E-state index contributed by atoms with van der Waals surface area (Å²) in [7, 11) is 0. The normalized spacial score (nSPS) is 20.7. The molecule has 1 saturated carbocycles. The molecular formula is C39H46O.